The zero-order valence-corrected chi connectivity index (χ0v) is 11.0. The molecule has 1 aromatic carbocycles. The molecular weight excluding hydrogens is 230 g/mol. The Kier molecular flexibility index (Phi) is 4.58. The summed E-state index contributed by atoms with van der Waals surface area (Å²) in [5.74, 6) is 0.819. The van der Waals surface area contributed by atoms with Crippen molar-refractivity contribution in [2.45, 2.75) is 25.5 Å². The van der Waals surface area contributed by atoms with Crippen LogP contribution in [0.15, 0.2) is 18.2 Å². The average Bonchev–Trinajstić information content (AvgIpc) is 2.89. The van der Waals surface area contributed by atoms with Crippen LogP contribution in [0.1, 0.15) is 23.6 Å². The van der Waals surface area contributed by atoms with E-state index in [-0.39, 0.29) is 12.1 Å². The van der Waals surface area contributed by atoms with E-state index in [4.69, 9.17) is 19.9 Å². The maximum Gasteiger partial charge on any atom is 0.123 e. The molecule has 100 valence electrons. The highest BCUT2D eigenvalue weighted by Crippen LogP contribution is 2.25. The Morgan fingerprint density at radius 3 is 3.00 bits per heavy atom. The van der Waals surface area contributed by atoms with Crippen LogP contribution >= 0.6 is 0 Å². The number of ether oxygens (including phenoxy) is 3. The van der Waals surface area contributed by atoms with Gasteiger partial charge in [0.15, 0.2) is 0 Å². The van der Waals surface area contributed by atoms with E-state index in [9.17, 15) is 0 Å². The molecule has 1 aliphatic heterocycles. The predicted molar refractivity (Wildman–Crippen MR) is 69.8 cm³/mol. The van der Waals surface area contributed by atoms with Gasteiger partial charge in [0.2, 0.25) is 0 Å². The van der Waals surface area contributed by atoms with Crippen LogP contribution in [-0.4, -0.2) is 33.0 Å². The lowest BCUT2D eigenvalue weighted by molar-refractivity contribution is 0.0347. The molecule has 0 aromatic heterocycles. The fraction of sp³-hybridized carbons (Fsp3) is 0.571. The highest BCUT2D eigenvalue weighted by atomic mass is 16.5. The minimum atomic E-state index is -0.166. The molecule has 2 rings (SSSR count). The van der Waals surface area contributed by atoms with Crippen molar-refractivity contribution in [1.29, 1.82) is 0 Å². The van der Waals surface area contributed by atoms with Crippen molar-refractivity contribution < 1.29 is 14.2 Å². The van der Waals surface area contributed by atoms with Crippen molar-refractivity contribution in [2.24, 2.45) is 5.73 Å². The first kappa shape index (κ1) is 13.3. The van der Waals surface area contributed by atoms with Gasteiger partial charge < -0.3 is 19.9 Å². The van der Waals surface area contributed by atoms with Crippen LogP contribution in [-0.2, 0) is 9.47 Å². The molecule has 2 N–H and O–H groups in total. The summed E-state index contributed by atoms with van der Waals surface area (Å²) in [6.07, 6.45) is 1.14. The topological polar surface area (TPSA) is 53.7 Å². The van der Waals surface area contributed by atoms with Crippen LogP contribution in [0.2, 0.25) is 0 Å². The van der Waals surface area contributed by atoms with E-state index in [1.807, 2.05) is 19.1 Å². The number of hydrogen-bond acceptors (Lipinski definition) is 4. The van der Waals surface area contributed by atoms with Crippen LogP contribution in [0.3, 0.4) is 0 Å². The largest absolute Gasteiger partial charge is 0.496 e. The average molecular weight is 251 g/mol. The van der Waals surface area contributed by atoms with Crippen LogP contribution in [0, 0.1) is 6.92 Å². The minimum absolute atomic E-state index is 0.166. The third kappa shape index (κ3) is 3.22. The molecule has 0 amide bonds. The maximum atomic E-state index is 6.17. The van der Waals surface area contributed by atoms with E-state index in [0.717, 1.165) is 24.3 Å². The quantitative estimate of drug-likeness (QED) is 0.867. The summed E-state index contributed by atoms with van der Waals surface area (Å²) in [5, 5.41) is 0. The summed E-state index contributed by atoms with van der Waals surface area (Å²) in [5.41, 5.74) is 8.34. The van der Waals surface area contributed by atoms with E-state index >= 15 is 0 Å². The summed E-state index contributed by atoms with van der Waals surface area (Å²) in [4.78, 5) is 0. The molecule has 2 atom stereocenters. The van der Waals surface area contributed by atoms with E-state index in [1.54, 1.807) is 7.11 Å². The molecule has 1 aromatic rings. The monoisotopic (exact) mass is 251 g/mol. The molecular formula is C14H21NO3. The Morgan fingerprint density at radius 1 is 1.50 bits per heavy atom. The predicted octanol–water partition coefficient (Wildman–Crippen LogP) is 1.81. The summed E-state index contributed by atoms with van der Waals surface area (Å²) in [7, 11) is 1.66. The number of hydrogen-bond donors (Lipinski definition) is 1. The van der Waals surface area contributed by atoms with Gasteiger partial charge in [-0.25, -0.2) is 0 Å². The zero-order chi connectivity index (χ0) is 13.0. The normalized spacial score (nSPS) is 20.9. The summed E-state index contributed by atoms with van der Waals surface area (Å²) in [6.45, 7) is 4.00. The van der Waals surface area contributed by atoms with Gasteiger partial charge >= 0.3 is 0 Å². The molecule has 1 saturated heterocycles. The smallest absolute Gasteiger partial charge is 0.123 e. The van der Waals surface area contributed by atoms with Gasteiger partial charge in [-0.05, 0) is 19.4 Å². The Hall–Kier alpha value is -1.10. The van der Waals surface area contributed by atoms with Gasteiger partial charge in [0.05, 0.1) is 32.5 Å². The summed E-state index contributed by atoms with van der Waals surface area (Å²) < 4.78 is 16.4. The first-order chi connectivity index (χ1) is 8.70. The number of nitrogens with two attached hydrogens (primary N) is 1. The second kappa shape index (κ2) is 6.18. The van der Waals surface area contributed by atoms with Crippen molar-refractivity contribution in [1.82, 2.24) is 0 Å². The Balaban J connectivity index is 1.98. The van der Waals surface area contributed by atoms with E-state index in [2.05, 4.69) is 6.07 Å². The van der Waals surface area contributed by atoms with Gasteiger partial charge in [-0.2, -0.15) is 0 Å². The second-order valence-electron chi connectivity index (χ2n) is 4.67. The molecule has 18 heavy (non-hydrogen) atoms. The third-order valence-electron chi connectivity index (χ3n) is 3.18. The minimum Gasteiger partial charge on any atom is -0.496 e. The van der Waals surface area contributed by atoms with Crippen molar-refractivity contribution in [3.8, 4) is 5.75 Å². The molecule has 0 bridgehead atoms. The Bertz CT molecular complexity index is 389. The molecule has 0 aliphatic carbocycles. The Labute approximate surface area is 108 Å². The first-order valence-electron chi connectivity index (χ1n) is 6.30. The number of methoxy groups -OCH3 is 1. The number of benzene rings is 1. The standard InChI is InChI=1S/C14H21NO3/c1-10-3-4-14(16-2)12(7-10)13(15)9-18-11-5-6-17-8-11/h3-4,7,11,13H,5-6,8-9,15H2,1-2H3. The van der Waals surface area contributed by atoms with Gasteiger partial charge in [0, 0.05) is 12.2 Å². The van der Waals surface area contributed by atoms with Crippen LogP contribution in [0.5, 0.6) is 5.75 Å². The lowest BCUT2D eigenvalue weighted by atomic mass is 10.0. The van der Waals surface area contributed by atoms with Crippen LogP contribution in [0.4, 0.5) is 0 Å². The lowest BCUT2D eigenvalue weighted by Gasteiger charge is -2.18. The van der Waals surface area contributed by atoms with Gasteiger partial charge in [-0.1, -0.05) is 17.7 Å². The van der Waals surface area contributed by atoms with Crippen molar-refractivity contribution in [3.63, 3.8) is 0 Å². The summed E-state index contributed by atoms with van der Waals surface area (Å²) >= 11 is 0. The lowest BCUT2D eigenvalue weighted by Crippen LogP contribution is -2.23. The molecule has 4 heteroatoms. The molecule has 0 radical (unpaired) electrons. The molecule has 1 fully saturated rings. The van der Waals surface area contributed by atoms with Gasteiger partial charge in [-0.3, -0.25) is 0 Å². The SMILES string of the molecule is COc1ccc(C)cc1C(N)COC1CCOC1. The highest BCUT2D eigenvalue weighted by Gasteiger charge is 2.19. The van der Waals surface area contributed by atoms with Gasteiger partial charge in [0.1, 0.15) is 5.75 Å². The number of aryl methyl sites for hydroxylation is 1. The number of rotatable bonds is 5. The van der Waals surface area contributed by atoms with Gasteiger partial charge in [-0.15, -0.1) is 0 Å². The molecule has 1 heterocycles. The van der Waals surface area contributed by atoms with E-state index in [0.29, 0.717) is 13.2 Å². The molecule has 0 saturated carbocycles. The summed E-state index contributed by atoms with van der Waals surface area (Å²) in [6, 6.07) is 5.85. The maximum absolute atomic E-state index is 6.17. The Morgan fingerprint density at radius 2 is 2.33 bits per heavy atom. The highest BCUT2D eigenvalue weighted by molar-refractivity contribution is 5.39. The van der Waals surface area contributed by atoms with Crippen LogP contribution < -0.4 is 10.5 Å². The van der Waals surface area contributed by atoms with E-state index in [1.165, 1.54) is 5.56 Å². The molecule has 1 aliphatic rings. The third-order valence-corrected chi connectivity index (χ3v) is 3.18. The van der Waals surface area contributed by atoms with Crippen molar-refractivity contribution >= 4 is 0 Å². The van der Waals surface area contributed by atoms with E-state index < -0.39 is 0 Å². The fourth-order valence-electron chi connectivity index (χ4n) is 2.12. The van der Waals surface area contributed by atoms with Gasteiger partial charge in [0.25, 0.3) is 0 Å². The zero-order valence-electron chi connectivity index (χ0n) is 11.0. The molecule has 4 nitrogen and oxygen atoms in total. The fourth-order valence-corrected chi connectivity index (χ4v) is 2.12. The van der Waals surface area contributed by atoms with Crippen molar-refractivity contribution in [3.05, 3.63) is 29.3 Å². The molecule has 0 spiro atoms. The van der Waals surface area contributed by atoms with Crippen molar-refractivity contribution in [2.75, 3.05) is 26.9 Å². The first-order valence-corrected chi connectivity index (χ1v) is 6.30. The van der Waals surface area contributed by atoms with Crippen LogP contribution in [0.25, 0.3) is 0 Å². The second-order valence-corrected chi connectivity index (χ2v) is 4.67. The molecule has 2 unspecified atom stereocenters.